The first-order valence-electron chi connectivity index (χ1n) is 11.6. The molecule has 0 saturated carbocycles. The first-order valence-corrected chi connectivity index (χ1v) is 11.6. The molecule has 0 radical (unpaired) electrons. The Labute approximate surface area is 191 Å². The van der Waals surface area contributed by atoms with Gasteiger partial charge in [0.2, 0.25) is 0 Å². The molecule has 2 aliphatic rings. The third-order valence-corrected chi connectivity index (χ3v) is 7.00. The van der Waals surface area contributed by atoms with E-state index in [1.54, 1.807) is 4.68 Å². The van der Waals surface area contributed by atoms with Crippen LogP contribution in [0.1, 0.15) is 34.6 Å². The molecule has 1 amide bonds. The molecule has 2 atom stereocenters. The van der Waals surface area contributed by atoms with Crippen LogP contribution in [0.5, 0.6) is 0 Å². The van der Waals surface area contributed by atoms with Crippen molar-refractivity contribution in [1.82, 2.24) is 29.5 Å². The fourth-order valence-corrected chi connectivity index (χ4v) is 5.57. The summed E-state index contributed by atoms with van der Waals surface area (Å²) in [5.74, 6) is 0.975. The highest BCUT2D eigenvalue weighted by Gasteiger charge is 2.36. The van der Waals surface area contributed by atoms with Gasteiger partial charge < -0.3 is 19.9 Å². The van der Waals surface area contributed by atoms with Gasteiger partial charge in [-0.15, -0.1) is 0 Å². The minimum absolute atomic E-state index is 0.211. The van der Waals surface area contributed by atoms with E-state index >= 15 is 0 Å². The number of amides is 1. The third kappa shape index (κ3) is 3.34. The van der Waals surface area contributed by atoms with Gasteiger partial charge in [0.1, 0.15) is 5.52 Å². The van der Waals surface area contributed by atoms with Gasteiger partial charge in [-0.05, 0) is 57.8 Å². The van der Waals surface area contributed by atoms with Crippen molar-refractivity contribution in [2.45, 2.75) is 32.7 Å². The number of imidazole rings is 1. The second-order valence-electron chi connectivity index (χ2n) is 9.28. The number of nitrogens with zero attached hydrogens (tertiary/aromatic N) is 6. The number of hydrogen-bond donors (Lipinski definition) is 2. The largest absolute Gasteiger partial charge is 0.368 e. The van der Waals surface area contributed by atoms with Gasteiger partial charge in [0.15, 0.2) is 11.5 Å². The maximum Gasteiger partial charge on any atom is 0.259 e. The van der Waals surface area contributed by atoms with E-state index in [4.69, 9.17) is 0 Å². The SMILES string of the molecule is Cc1cn2cc(NC(=O)c3ccc(N4CC[C@H]5CNCC[C@H]54)c4cn(C)nc34)nc2c(C)n1. The van der Waals surface area contributed by atoms with Gasteiger partial charge >= 0.3 is 0 Å². The molecular weight excluding hydrogens is 416 g/mol. The number of benzene rings is 1. The average molecular weight is 445 g/mol. The van der Waals surface area contributed by atoms with E-state index in [1.807, 2.05) is 50.0 Å². The van der Waals surface area contributed by atoms with Gasteiger partial charge in [-0.25, -0.2) is 4.98 Å². The van der Waals surface area contributed by atoms with E-state index in [0.29, 0.717) is 23.3 Å². The molecule has 2 aliphatic heterocycles. The Kier molecular flexibility index (Phi) is 4.62. The number of piperidine rings is 1. The van der Waals surface area contributed by atoms with Crippen LogP contribution in [0.25, 0.3) is 16.6 Å². The Morgan fingerprint density at radius 1 is 1.15 bits per heavy atom. The van der Waals surface area contributed by atoms with E-state index in [1.165, 1.54) is 12.1 Å². The highest BCUT2D eigenvalue weighted by atomic mass is 16.1. The van der Waals surface area contributed by atoms with Gasteiger partial charge in [0.25, 0.3) is 5.91 Å². The molecule has 33 heavy (non-hydrogen) atoms. The Balaban J connectivity index is 1.34. The van der Waals surface area contributed by atoms with Crippen molar-refractivity contribution in [3.63, 3.8) is 0 Å². The normalized spacial score (nSPS) is 20.5. The van der Waals surface area contributed by atoms with Crippen LogP contribution in [0.3, 0.4) is 0 Å². The molecule has 9 nitrogen and oxygen atoms in total. The Morgan fingerprint density at radius 2 is 2.03 bits per heavy atom. The molecule has 9 heteroatoms. The molecule has 0 unspecified atom stereocenters. The smallest absolute Gasteiger partial charge is 0.259 e. The lowest BCUT2D eigenvalue weighted by atomic mass is 9.94. The fraction of sp³-hybridized carbons (Fsp3) is 0.417. The maximum absolute atomic E-state index is 13.3. The molecule has 1 aromatic carbocycles. The van der Waals surface area contributed by atoms with E-state index in [0.717, 1.165) is 54.0 Å². The van der Waals surface area contributed by atoms with Crippen LogP contribution in [-0.4, -0.2) is 55.7 Å². The second-order valence-corrected chi connectivity index (χ2v) is 9.28. The van der Waals surface area contributed by atoms with E-state index in [-0.39, 0.29) is 5.91 Å². The van der Waals surface area contributed by atoms with Crippen molar-refractivity contribution in [1.29, 1.82) is 0 Å². The summed E-state index contributed by atoms with van der Waals surface area (Å²) < 4.78 is 3.69. The lowest BCUT2D eigenvalue weighted by molar-refractivity contribution is 0.102. The van der Waals surface area contributed by atoms with Crippen molar-refractivity contribution in [3.05, 3.63) is 47.7 Å². The number of anilines is 2. The van der Waals surface area contributed by atoms with E-state index in [2.05, 4.69) is 36.7 Å². The van der Waals surface area contributed by atoms with Crippen LogP contribution in [0, 0.1) is 19.8 Å². The highest BCUT2D eigenvalue weighted by Crippen LogP contribution is 2.37. The predicted molar refractivity (Wildman–Crippen MR) is 128 cm³/mol. The minimum atomic E-state index is -0.211. The zero-order valence-corrected chi connectivity index (χ0v) is 19.2. The standard InChI is InChI=1S/C24H28N8O/c1-14-11-31-13-21(27-23(31)15(2)26-14)28-24(33)17-4-5-20(18-12-30(3)29-22(17)18)32-9-7-16-10-25-8-6-19(16)32/h4-5,11-13,16,19,25H,6-10H2,1-3H3,(H,28,33)/t16-,19+/m0/s1. The lowest BCUT2D eigenvalue weighted by Gasteiger charge is -2.34. The zero-order chi connectivity index (χ0) is 22.7. The summed E-state index contributed by atoms with van der Waals surface area (Å²) >= 11 is 0. The summed E-state index contributed by atoms with van der Waals surface area (Å²) in [6.07, 6.45) is 8.10. The summed E-state index contributed by atoms with van der Waals surface area (Å²) in [5, 5.41) is 12.2. The number of fused-ring (bicyclic) bond motifs is 3. The first-order chi connectivity index (χ1) is 16.0. The van der Waals surface area contributed by atoms with Crippen LogP contribution in [0.4, 0.5) is 11.5 Å². The zero-order valence-electron chi connectivity index (χ0n) is 19.2. The van der Waals surface area contributed by atoms with Crippen molar-refractivity contribution in [2.24, 2.45) is 13.0 Å². The number of nitrogens with one attached hydrogen (secondary N) is 2. The molecule has 0 aliphatic carbocycles. The molecular formula is C24H28N8O. The number of carbonyl (C=O) groups excluding carboxylic acids is 1. The number of carbonyl (C=O) groups is 1. The molecule has 2 N–H and O–H groups in total. The highest BCUT2D eigenvalue weighted by molar-refractivity contribution is 6.13. The van der Waals surface area contributed by atoms with Gasteiger partial charge in [0, 0.05) is 43.1 Å². The number of rotatable bonds is 3. The molecule has 3 aromatic heterocycles. The predicted octanol–water partition coefficient (Wildman–Crippen LogP) is 2.67. The molecule has 2 fully saturated rings. The van der Waals surface area contributed by atoms with Crippen LogP contribution >= 0.6 is 0 Å². The van der Waals surface area contributed by atoms with E-state index < -0.39 is 0 Å². The van der Waals surface area contributed by atoms with Crippen molar-refractivity contribution < 1.29 is 4.79 Å². The van der Waals surface area contributed by atoms with Gasteiger partial charge in [-0.1, -0.05) is 0 Å². The second kappa shape index (κ2) is 7.55. The van der Waals surface area contributed by atoms with Gasteiger partial charge in [0.05, 0.1) is 23.1 Å². The van der Waals surface area contributed by atoms with Crippen LogP contribution in [0.2, 0.25) is 0 Å². The number of aryl methyl sites for hydroxylation is 3. The van der Waals surface area contributed by atoms with E-state index in [9.17, 15) is 4.79 Å². The molecule has 2 saturated heterocycles. The van der Waals surface area contributed by atoms with Crippen molar-refractivity contribution in [2.75, 3.05) is 29.9 Å². The molecule has 4 aromatic rings. The monoisotopic (exact) mass is 444 g/mol. The minimum Gasteiger partial charge on any atom is -0.368 e. The van der Waals surface area contributed by atoms with Gasteiger partial charge in [-0.3, -0.25) is 14.5 Å². The third-order valence-electron chi connectivity index (χ3n) is 7.00. The van der Waals surface area contributed by atoms with Crippen molar-refractivity contribution >= 4 is 34.0 Å². The molecule has 5 heterocycles. The van der Waals surface area contributed by atoms with Gasteiger partial charge in [-0.2, -0.15) is 5.10 Å². The number of hydrogen-bond acceptors (Lipinski definition) is 6. The summed E-state index contributed by atoms with van der Waals surface area (Å²) in [6, 6.07) is 4.54. The molecule has 0 bridgehead atoms. The summed E-state index contributed by atoms with van der Waals surface area (Å²) in [6.45, 7) is 7.05. The lowest BCUT2D eigenvalue weighted by Crippen LogP contribution is -2.43. The summed E-state index contributed by atoms with van der Waals surface area (Å²) in [4.78, 5) is 24.8. The molecule has 0 spiro atoms. The summed E-state index contributed by atoms with van der Waals surface area (Å²) in [7, 11) is 1.91. The average Bonchev–Trinajstić information content (AvgIpc) is 3.48. The van der Waals surface area contributed by atoms with Crippen LogP contribution in [-0.2, 0) is 7.05 Å². The molecule has 170 valence electrons. The Morgan fingerprint density at radius 3 is 2.91 bits per heavy atom. The first kappa shape index (κ1) is 20.2. The van der Waals surface area contributed by atoms with Crippen LogP contribution < -0.4 is 15.5 Å². The van der Waals surface area contributed by atoms with Crippen molar-refractivity contribution in [3.8, 4) is 0 Å². The number of aromatic nitrogens is 5. The quantitative estimate of drug-likeness (QED) is 0.505. The van der Waals surface area contributed by atoms with Crippen LogP contribution in [0.15, 0.2) is 30.7 Å². The molecule has 6 rings (SSSR count). The summed E-state index contributed by atoms with van der Waals surface area (Å²) in [5.41, 5.74) is 4.92. The fourth-order valence-electron chi connectivity index (χ4n) is 5.57. The Hall–Kier alpha value is -3.46. The topological polar surface area (TPSA) is 92.4 Å². The maximum atomic E-state index is 13.3. The Bertz CT molecular complexity index is 1390.